The zero-order chi connectivity index (χ0) is 16.9. The Balaban J connectivity index is 1.88. The van der Waals surface area contributed by atoms with E-state index in [0.29, 0.717) is 13.1 Å². The van der Waals surface area contributed by atoms with Gasteiger partial charge in [0.2, 0.25) is 10.0 Å². The second kappa shape index (κ2) is 7.66. The highest BCUT2D eigenvalue weighted by atomic mass is 32.2. The topological polar surface area (TPSA) is 71.3 Å². The normalized spacial score (nSPS) is 13.2. The molecular weight excluding hydrogens is 312 g/mol. The van der Waals surface area contributed by atoms with Gasteiger partial charge >= 0.3 is 0 Å². The molecule has 1 aromatic carbocycles. The third-order valence-electron chi connectivity index (χ3n) is 3.77. The zero-order valence-electron chi connectivity index (χ0n) is 13.7. The van der Waals surface area contributed by atoms with Crippen LogP contribution in [0.4, 0.5) is 5.69 Å². The van der Waals surface area contributed by atoms with Crippen molar-refractivity contribution in [3.8, 4) is 0 Å². The third kappa shape index (κ3) is 5.11. The average molecular weight is 336 g/mol. The summed E-state index contributed by atoms with van der Waals surface area (Å²) in [6.45, 7) is 6.47. The van der Waals surface area contributed by atoms with E-state index in [4.69, 9.17) is 4.42 Å². The van der Waals surface area contributed by atoms with Crippen LogP contribution in [0.5, 0.6) is 0 Å². The van der Waals surface area contributed by atoms with E-state index >= 15 is 0 Å². The van der Waals surface area contributed by atoms with E-state index in [1.807, 2.05) is 37.3 Å². The van der Waals surface area contributed by atoms with Crippen LogP contribution in [-0.2, 0) is 16.6 Å². The largest absolute Gasteiger partial charge is 0.472 e. The monoisotopic (exact) mass is 336 g/mol. The van der Waals surface area contributed by atoms with Gasteiger partial charge in [0.25, 0.3) is 0 Å². The number of benzene rings is 1. The van der Waals surface area contributed by atoms with Crippen LogP contribution in [-0.4, -0.2) is 20.2 Å². The molecule has 0 fully saturated rings. The molecule has 1 unspecified atom stereocenters. The van der Waals surface area contributed by atoms with Gasteiger partial charge < -0.3 is 9.73 Å². The smallest absolute Gasteiger partial charge is 0.213 e. The predicted molar refractivity (Wildman–Crippen MR) is 93.0 cm³/mol. The number of rotatable bonds is 8. The van der Waals surface area contributed by atoms with Gasteiger partial charge in [-0.05, 0) is 43.5 Å². The lowest BCUT2D eigenvalue weighted by Gasteiger charge is -2.15. The molecule has 0 spiro atoms. The van der Waals surface area contributed by atoms with E-state index in [1.54, 1.807) is 26.4 Å². The molecule has 5 nitrogen and oxygen atoms in total. The molecule has 0 saturated carbocycles. The Hall–Kier alpha value is -1.79. The van der Waals surface area contributed by atoms with E-state index in [9.17, 15) is 8.42 Å². The van der Waals surface area contributed by atoms with Crippen LogP contribution >= 0.6 is 0 Å². The second-order valence-electron chi connectivity index (χ2n) is 5.95. The molecule has 6 heteroatoms. The lowest BCUT2D eigenvalue weighted by molar-refractivity contribution is 0.564. The van der Waals surface area contributed by atoms with Crippen molar-refractivity contribution >= 4 is 15.7 Å². The first-order valence-corrected chi connectivity index (χ1v) is 9.26. The number of anilines is 1. The first kappa shape index (κ1) is 17.6. The molecule has 0 aliphatic rings. The summed E-state index contributed by atoms with van der Waals surface area (Å²) in [5.41, 5.74) is 3.21. The molecule has 0 saturated heterocycles. The van der Waals surface area contributed by atoms with E-state index in [-0.39, 0.29) is 5.92 Å². The highest BCUT2D eigenvalue weighted by molar-refractivity contribution is 7.90. The molecule has 0 radical (unpaired) electrons. The van der Waals surface area contributed by atoms with Crippen molar-refractivity contribution in [1.82, 2.24) is 4.72 Å². The van der Waals surface area contributed by atoms with E-state index in [2.05, 4.69) is 10.0 Å². The minimum absolute atomic E-state index is 0.117. The van der Waals surface area contributed by atoms with E-state index < -0.39 is 15.3 Å². The third-order valence-corrected chi connectivity index (χ3v) is 5.58. The Labute approximate surface area is 138 Å². The van der Waals surface area contributed by atoms with Crippen LogP contribution in [0.2, 0.25) is 0 Å². The van der Waals surface area contributed by atoms with Gasteiger partial charge in [0.05, 0.1) is 17.8 Å². The SMILES string of the molecule is CC(CNS(=O)(=O)C(C)C)c1ccc(NCc2ccoc2)cc1. The minimum Gasteiger partial charge on any atom is -0.472 e. The quantitative estimate of drug-likeness (QED) is 0.776. The van der Waals surface area contributed by atoms with E-state index in [0.717, 1.165) is 16.8 Å². The lowest BCUT2D eigenvalue weighted by Crippen LogP contribution is -2.33. The van der Waals surface area contributed by atoms with Crippen molar-refractivity contribution in [2.75, 3.05) is 11.9 Å². The predicted octanol–water partition coefficient (Wildman–Crippen LogP) is 3.32. The first-order chi connectivity index (χ1) is 10.9. The van der Waals surface area contributed by atoms with Crippen LogP contribution in [0.3, 0.4) is 0 Å². The number of sulfonamides is 1. The van der Waals surface area contributed by atoms with Gasteiger partial charge in [-0.2, -0.15) is 0 Å². The van der Waals surface area contributed by atoms with Crippen molar-refractivity contribution < 1.29 is 12.8 Å². The lowest BCUT2D eigenvalue weighted by atomic mass is 10.0. The maximum absolute atomic E-state index is 11.8. The summed E-state index contributed by atoms with van der Waals surface area (Å²) in [6, 6.07) is 9.97. The molecule has 0 bridgehead atoms. The Morgan fingerprint density at radius 1 is 1.09 bits per heavy atom. The second-order valence-corrected chi connectivity index (χ2v) is 8.27. The van der Waals surface area contributed by atoms with Crippen molar-refractivity contribution in [3.05, 3.63) is 54.0 Å². The Kier molecular flexibility index (Phi) is 5.85. The summed E-state index contributed by atoms with van der Waals surface area (Å²) in [4.78, 5) is 0. The number of nitrogens with one attached hydrogen (secondary N) is 2. The molecular formula is C17H24N2O3S. The van der Waals surface area contributed by atoms with Crippen LogP contribution in [0, 0.1) is 0 Å². The summed E-state index contributed by atoms with van der Waals surface area (Å²) >= 11 is 0. The highest BCUT2D eigenvalue weighted by Crippen LogP contribution is 2.18. The van der Waals surface area contributed by atoms with Gasteiger partial charge in [-0.1, -0.05) is 19.1 Å². The molecule has 1 atom stereocenters. The molecule has 2 aromatic rings. The van der Waals surface area contributed by atoms with Gasteiger partial charge in [-0.25, -0.2) is 13.1 Å². The Morgan fingerprint density at radius 3 is 2.35 bits per heavy atom. The van der Waals surface area contributed by atoms with Crippen molar-refractivity contribution in [2.45, 2.75) is 38.5 Å². The van der Waals surface area contributed by atoms with Crippen molar-refractivity contribution in [3.63, 3.8) is 0 Å². The number of hydrogen-bond donors (Lipinski definition) is 2. The fourth-order valence-electron chi connectivity index (χ4n) is 2.05. The Bertz CT molecular complexity index is 692. The molecule has 126 valence electrons. The van der Waals surface area contributed by atoms with Crippen LogP contribution in [0.25, 0.3) is 0 Å². The summed E-state index contributed by atoms with van der Waals surface area (Å²) in [5.74, 6) is 0.117. The first-order valence-electron chi connectivity index (χ1n) is 7.72. The van der Waals surface area contributed by atoms with Gasteiger partial charge in [-0.3, -0.25) is 0 Å². The molecule has 1 aromatic heterocycles. The standard InChI is InChI=1S/C17H24N2O3S/c1-13(2)23(20,21)19-10-14(3)16-4-6-17(7-5-16)18-11-15-8-9-22-12-15/h4-9,12-14,18-19H,10-11H2,1-3H3. The van der Waals surface area contributed by atoms with E-state index in [1.165, 1.54) is 0 Å². The molecule has 0 aliphatic carbocycles. The van der Waals surface area contributed by atoms with Gasteiger partial charge in [-0.15, -0.1) is 0 Å². The maximum atomic E-state index is 11.8. The van der Waals surface area contributed by atoms with Gasteiger partial charge in [0.1, 0.15) is 0 Å². The van der Waals surface area contributed by atoms with Crippen LogP contribution in [0.15, 0.2) is 47.3 Å². The van der Waals surface area contributed by atoms with Gasteiger partial charge in [0.15, 0.2) is 0 Å². The van der Waals surface area contributed by atoms with Crippen molar-refractivity contribution in [2.24, 2.45) is 0 Å². The zero-order valence-corrected chi connectivity index (χ0v) is 14.6. The average Bonchev–Trinajstić information content (AvgIpc) is 3.04. The summed E-state index contributed by atoms with van der Waals surface area (Å²) in [6.07, 6.45) is 3.37. The van der Waals surface area contributed by atoms with Crippen LogP contribution < -0.4 is 10.0 Å². The van der Waals surface area contributed by atoms with Crippen molar-refractivity contribution in [1.29, 1.82) is 0 Å². The summed E-state index contributed by atoms with van der Waals surface area (Å²) in [7, 11) is -3.21. The fourth-order valence-corrected chi connectivity index (χ4v) is 2.87. The fraction of sp³-hybridized carbons (Fsp3) is 0.412. The molecule has 0 aliphatic heterocycles. The van der Waals surface area contributed by atoms with Crippen LogP contribution in [0.1, 0.15) is 37.8 Å². The number of hydrogen-bond acceptors (Lipinski definition) is 4. The minimum atomic E-state index is -3.21. The highest BCUT2D eigenvalue weighted by Gasteiger charge is 2.16. The maximum Gasteiger partial charge on any atom is 0.213 e. The van der Waals surface area contributed by atoms with Gasteiger partial charge in [0, 0.05) is 24.3 Å². The number of furan rings is 1. The molecule has 23 heavy (non-hydrogen) atoms. The summed E-state index contributed by atoms with van der Waals surface area (Å²) in [5, 5.41) is 2.90. The molecule has 2 rings (SSSR count). The Morgan fingerprint density at radius 2 is 1.78 bits per heavy atom. The molecule has 2 N–H and O–H groups in total. The molecule has 0 amide bonds. The summed E-state index contributed by atoms with van der Waals surface area (Å²) < 4.78 is 31.3. The molecule has 1 heterocycles.